The molecule has 0 aliphatic heterocycles. The lowest BCUT2D eigenvalue weighted by molar-refractivity contribution is -0.143. The Kier molecular flexibility index (Phi) is 12.8. The Morgan fingerprint density at radius 1 is 0.932 bits per heavy atom. The van der Waals surface area contributed by atoms with Gasteiger partial charge in [-0.2, -0.15) is 0 Å². The van der Waals surface area contributed by atoms with Crippen LogP contribution in [-0.2, 0) is 30.3 Å². The topological polar surface area (TPSA) is 181 Å². The molecule has 0 saturated heterocycles. The Bertz CT molecular complexity index is 1480. The second kappa shape index (κ2) is 17.0. The molecule has 4 amide bonds. The fourth-order valence-corrected chi connectivity index (χ4v) is 3.94. The maximum absolute atomic E-state index is 13.5. The number of benzene rings is 2. The number of carbonyl (C=O) groups excluding carboxylic acids is 5. The highest BCUT2D eigenvalue weighted by Gasteiger charge is 2.25. The number of hydrogen-bond donors (Lipinski definition) is 5. The van der Waals surface area contributed by atoms with E-state index < -0.39 is 42.2 Å². The van der Waals surface area contributed by atoms with Crippen LogP contribution in [0.25, 0.3) is 0 Å². The maximum atomic E-state index is 13.5. The van der Waals surface area contributed by atoms with Crippen LogP contribution in [0.5, 0.6) is 0 Å². The van der Waals surface area contributed by atoms with Crippen LogP contribution >= 0.6 is 11.6 Å². The van der Waals surface area contributed by atoms with Gasteiger partial charge in [0.2, 0.25) is 17.8 Å². The van der Waals surface area contributed by atoms with E-state index in [2.05, 4.69) is 36.6 Å². The molecule has 0 saturated carbocycles. The third-order valence-corrected chi connectivity index (χ3v) is 5.95. The number of ether oxygens (including phenoxy) is 1. The number of anilines is 1. The zero-order chi connectivity index (χ0) is 31.9. The van der Waals surface area contributed by atoms with Crippen LogP contribution in [0, 0.1) is 6.92 Å². The van der Waals surface area contributed by atoms with Gasteiger partial charge >= 0.3 is 5.97 Å². The molecular formula is C30H32ClN7O6. The van der Waals surface area contributed by atoms with Gasteiger partial charge in [-0.25, -0.2) is 9.97 Å². The molecule has 5 N–H and O–H groups in total. The highest BCUT2D eigenvalue weighted by molar-refractivity contribution is 6.29. The van der Waals surface area contributed by atoms with Crippen molar-refractivity contribution in [3.8, 4) is 0 Å². The second-order valence-corrected chi connectivity index (χ2v) is 9.58. The quantitative estimate of drug-likeness (QED) is 0.102. The molecule has 14 heteroatoms. The first-order chi connectivity index (χ1) is 21.1. The third-order valence-electron chi connectivity index (χ3n) is 5.76. The van der Waals surface area contributed by atoms with Crippen molar-refractivity contribution in [2.75, 3.05) is 25.0 Å². The van der Waals surface area contributed by atoms with Crippen LogP contribution in [0.2, 0.25) is 5.15 Å². The van der Waals surface area contributed by atoms with E-state index in [0.717, 1.165) is 5.56 Å². The fraction of sp³-hybridized carbons (Fsp3) is 0.233. The molecule has 13 nitrogen and oxygen atoms in total. The number of nitrogens with one attached hydrogen (secondary N) is 5. The van der Waals surface area contributed by atoms with Crippen molar-refractivity contribution < 1.29 is 28.7 Å². The molecule has 0 fully saturated rings. The monoisotopic (exact) mass is 621 g/mol. The third kappa shape index (κ3) is 11.2. The Morgan fingerprint density at radius 2 is 1.61 bits per heavy atom. The zero-order valence-corrected chi connectivity index (χ0v) is 24.8. The van der Waals surface area contributed by atoms with Crippen molar-refractivity contribution >= 4 is 47.1 Å². The number of nitrogens with zero attached hydrogens (tertiary/aromatic N) is 2. The van der Waals surface area contributed by atoms with E-state index in [1.807, 2.05) is 0 Å². The molecular weight excluding hydrogens is 590 g/mol. The molecule has 44 heavy (non-hydrogen) atoms. The van der Waals surface area contributed by atoms with Gasteiger partial charge in [-0.1, -0.05) is 60.1 Å². The number of hydrogen-bond acceptors (Lipinski definition) is 9. The standard InChI is InChI=1S/C30H32ClN7O6/c1-3-44-26(40)18-32-25(39)17-33-28(42)22(15-20-10-6-4-7-11-20)36-29(43)23(37-27(41)21-12-8-5-9-13-21)16-34-30-35-19(2)14-24(31)38-30/h4-14,16,22H,3,15,17-18H2,1-2H3,(H,32,39)(H,33,42)(H,36,43)(H,37,41)(H,34,35,38)/b23-16-/t22-/m0/s1. The first kappa shape index (κ1) is 33.2. The number of aromatic nitrogens is 2. The van der Waals surface area contributed by atoms with Gasteiger partial charge in [0.15, 0.2) is 0 Å². The Hall–Kier alpha value is -5.30. The first-order valence-corrected chi connectivity index (χ1v) is 13.9. The van der Waals surface area contributed by atoms with E-state index in [0.29, 0.717) is 5.69 Å². The van der Waals surface area contributed by atoms with Crippen molar-refractivity contribution in [2.45, 2.75) is 26.3 Å². The normalized spacial score (nSPS) is 11.5. The Labute approximate surface area is 258 Å². The van der Waals surface area contributed by atoms with Gasteiger partial charge in [0, 0.05) is 23.9 Å². The summed E-state index contributed by atoms with van der Waals surface area (Å²) in [4.78, 5) is 71.6. The van der Waals surface area contributed by atoms with Crippen LogP contribution in [0.4, 0.5) is 5.95 Å². The van der Waals surface area contributed by atoms with Gasteiger partial charge in [0.05, 0.1) is 13.2 Å². The predicted molar refractivity (Wildman–Crippen MR) is 162 cm³/mol. The first-order valence-electron chi connectivity index (χ1n) is 13.5. The molecule has 1 aromatic heterocycles. The van der Waals surface area contributed by atoms with Crippen molar-refractivity contribution in [3.05, 3.63) is 101 Å². The minimum Gasteiger partial charge on any atom is -0.465 e. The molecule has 0 bridgehead atoms. The number of esters is 1. The largest absolute Gasteiger partial charge is 0.465 e. The van der Waals surface area contributed by atoms with Crippen LogP contribution in [0.15, 0.2) is 78.6 Å². The minimum atomic E-state index is -1.16. The van der Waals surface area contributed by atoms with Gasteiger partial charge in [-0.3, -0.25) is 24.0 Å². The lowest BCUT2D eigenvalue weighted by atomic mass is 10.0. The molecule has 1 heterocycles. The van der Waals surface area contributed by atoms with Crippen LogP contribution < -0.4 is 26.6 Å². The number of halogens is 1. The van der Waals surface area contributed by atoms with Crippen LogP contribution in [0.3, 0.4) is 0 Å². The summed E-state index contributed by atoms with van der Waals surface area (Å²) in [6, 6.07) is 17.5. The minimum absolute atomic E-state index is 0.0623. The number of amides is 4. The van der Waals surface area contributed by atoms with E-state index in [-0.39, 0.29) is 41.9 Å². The zero-order valence-electron chi connectivity index (χ0n) is 24.1. The van der Waals surface area contributed by atoms with Gasteiger partial charge in [-0.15, -0.1) is 0 Å². The molecule has 0 radical (unpaired) electrons. The second-order valence-electron chi connectivity index (χ2n) is 9.19. The molecule has 0 unspecified atom stereocenters. The molecule has 1 atom stereocenters. The summed E-state index contributed by atoms with van der Waals surface area (Å²) >= 11 is 6.02. The summed E-state index contributed by atoms with van der Waals surface area (Å²) in [5.74, 6) is -3.26. The highest BCUT2D eigenvalue weighted by atomic mass is 35.5. The summed E-state index contributed by atoms with van der Waals surface area (Å²) < 4.78 is 4.76. The van der Waals surface area contributed by atoms with Crippen molar-refractivity contribution in [1.82, 2.24) is 31.2 Å². The van der Waals surface area contributed by atoms with Gasteiger partial charge in [0.25, 0.3) is 11.8 Å². The van der Waals surface area contributed by atoms with E-state index >= 15 is 0 Å². The molecule has 3 aromatic rings. The SMILES string of the molecule is CCOC(=O)CNC(=O)CNC(=O)[C@H](Cc1ccccc1)NC(=O)/C(=C/Nc1nc(C)cc(Cl)n1)NC(=O)c1ccccc1. The summed E-state index contributed by atoms with van der Waals surface area (Å²) in [6.07, 6.45) is 1.24. The summed E-state index contributed by atoms with van der Waals surface area (Å²) in [7, 11) is 0. The molecule has 0 aliphatic carbocycles. The van der Waals surface area contributed by atoms with Crippen LogP contribution in [-0.4, -0.2) is 65.3 Å². The molecule has 230 valence electrons. The van der Waals surface area contributed by atoms with Crippen molar-refractivity contribution in [2.24, 2.45) is 0 Å². The number of rotatable bonds is 14. The number of aryl methyl sites for hydroxylation is 1. The van der Waals surface area contributed by atoms with Crippen LogP contribution in [0.1, 0.15) is 28.5 Å². The molecule has 0 spiro atoms. The van der Waals surface area contributed by atoms with Crippen molar-refractivity contribution in [1.29, 1.82) is 0 Å². The number of carbonyl (C=O) groups is 5. The van der Waals surface area contributed by atoms with Crippen molar-refractivity contribution in [3.63, 3.8) is 0 Å². The maximum Gasteiger partial charge on any atom is 0.325 e. The lowest BCUT2D eigenvalue weighted by Gasteiger charge is -2.20. The average Bonchev–Trinajstić information content (AvgIpc) is 3.01. The highest BCUT2D eigenvalue weighted by Crippen LogP contribution is 2.11. The molecule has 2 aromatic carbocycles. The van der Waals surface area contributed by atoms with Gasteiger partial charge < -0.3 is 31.3 Å². The smallest absolute Gasteiger partial charge is 0.325 e. The summed E-state index contributed by atoms with van der Waals surface area (Å²) in [5.41, 5.74) is 1.32. The Morgan fingerprint density at radius 3 is 2.27 bits per heavy atom. The van der Waals surface area contributed by atoms with Gasteiger partial charge in [0.1, 0.15) is 23.4 Å². The Balaban J connectivity index is 1.80. The predicted octanol–water partition coefficient (Wildman–Crippen LogP) is 1.64. The lowest BCUT2D eigenvalue weighted by Crippen LogP contribution is -2.51. The van der Waals surface area contributed by atoms with E-state index in [9.17, 15) is 24.0 Å². The molecule has 3 rings (SSSR count). The average molecular weight is 622 g/mol. The fourth-order valence-electron chi connectivity index (χ4n) is 3.70. The van der Waals surface area contributed by atoms with E-state index in [1.54, 1.807) is 80.6 Å². The van der Waals surface area contributed by atoms with Gasteiger partial charge in [-0.05, 0) is 37.6 Å². The summed E-state index contributed by atoms with van der Waals surface area (Å²) in [6.45, 7) is 2.69. The van der Waals surface area contributed by atoms with E-state index in [4.69, 9.17) is 16.3 Å². The molecule has 0 aliphatic rings. The summed E-state index contributed by atoms with van der Waals surface area (Å²) in [5, 5.41) is 12.9. The van der Waals surface area contributed by atoms with E-state index in [1.165, 1.54) is 6.20 Å².